The van der Waals surface area contributed by atoms with Gasteiger partial charge in [-0.1, -0.05) is 0 Å². The molecule has 0 unspecified atom stereocenters. The highest BCUT2D eigenvalue weighted by Gasteiger charge is 2.21. The number of carbonyl (C=O) groups is 1. The minimum atomic E-state index is -0.814. The number of fused-ring (bicyclic) bond motifs is 5. The average Bonchev–Trinajstić information content (AvgIpc) is 3.41. The van der Waals surface area contributed by atoms with Gasteiger partial charge < -0.3 is 28.9 Å². The van der Waals surface area contributed by atoms with Crippen LogP contribution in [0.25, 0.3) is 44.2 Å². The van der Waals surface area contributed by atoms with Gasteiger partial charge >= 0.3 is 6.16 Å². The van der Waals surface area contributed by atoms with Crippen molar-refractivity contribution in [3.05, 3.63) is 48.2 Å². The number of carbonyl (C=O) groups excluding carboxylic acids is 1. The summed E-state index contributed by atoms with van der Waals surface area (Å²) in [7, 11) is 3.21. The van der Waals surface area contributed by atoms with Gasteiger partial charge in [0.25, 0.3) is 0 Å². The van der Waals surface area contributed by atoms with Crippen LogP contribution in [0.3, 0.4) is 0 Å². The molecule has 0 radical (unpaired) electrons. The van der Waals surface area contributed by atoms with Crippen molar-refractivity contribution in [3.63, 3.8) is 0 Å². The maximum absolute atomic E-state index is 12.2. The number of methoxy groups -OCH3 is 2. The number of rotatable bonds is 6. The maximum Gasteiger partial charge on any atom is 0.515 e. The molecule has 3 aromatic heterocycles. The van der Waals surface area contributed by atoms with Crippen LogP contribution in [0.15, 0.2) is 42.6 Å². The predicted octanol–water partition coefficient (Wildman–Crippen LogP) is 5.34. The van der Waals surface area contributed by atoms with Gasteiger partial charge in [0.05, 0.1) is 48.1 Å². The zero-order valence-corrected chi connectivity index (χ0v) is 19.3. The second kappa shape index (κ2) is 8.68. The molecule has 34 heavy (non-hydrogen) atoms. The summed E-state index contributed by atoms with van der Waals surface area (Å²) in [6.45, 7) is 3.69. The minimum absolute atomic E-state index is 0.142. The second-order valence-electron chi connectivity index (χ2n) is 8.11. The van der Waals surface area contributed by atoms with E-state index in [1.54, 1.807) is 34.3 Å². The number of nitrogens with one attached hydrogen (secondary N) is 2. The lowest BCUT2D eigenvalue weighted by Gasteiger charge is -2.11. The summed E-state index contributed by atoms with van der Waals surface area (Å²) >= 11 is 0. The van der Waals surface area contributed by atoms with Gasteiger partial charge in [-0.15, -0.1) is 0 Å². The number of imidazole rings is 1. The number of pyridine rings is 1. The first-order chi connectivity index (χ1) is 16.5. The molecular formula is C25H24N4O5. The third kappa shape index (κ3) is 3.80. The van der Waals surface area contributed by atoms with Crippen molar-refractivity contribution in [2.24, 2.45) is 0 Å². The van der Waals surface area contributed by atoms with E-state index >= 15 is 0 Å². The van der Waals surface area contributed by atoms with Gasteiger partial charge in [0, 0.05) is 29.0 Å². The molecule has 0 saturated heterocycles. The average molecular weight is 460 g/mol. The molecule has 0 bridgehead atoms. The number of aromatic nitrogens is 4. The lowest BCUT2D eigenvalue weighted by molar-refractivity contribution is 0.0705. The molecule has 0 aliphatic carbocycles. The molecule has 0 aliphatic rings. The Kier molecular flexibility index (Phi) is 5.54. The lowest BCUT2D eigenvalue weighted by atomic mass is 10.1. The van der Waals surface area contributed by atoms with Gasteiger partial charge in [0.1, 0.15) is 11.6 Å². The quantitative estimate of drug-likeness (QED) is 0.329. The standard InChI is InChI=1S/C25H24N4O5/c1-13(2)33-25(30)34-24-16(12-31-3)20-19(11-26-24)27-17-9-10-18-22(21(17)20)29-23(28-18)14-5-7-15(32-4)8-6-14/h5-11,13,27H,12H2,1-4H3,(H,28,29). The van der Waals surface area contributed by atoms with Crippen molar-refractivity contribution in [1.29, 1.82) is 0 Å². The summed E-state index contributed by atoms with van der Waals surface area (Å²) in [5.41, 5.74) is 4.90. The van der Waals surface area contributed by atoms with E-state index < -0.39 is 6.16 Å². The highest BCUT2D eigenvalue weighted by molar-refractivity contribution is 6.20. The van der Waals surface area contributed by atoms with E-state index in [4.69, 9.17) is 23.9 Å². The van der Waals surface area contributed by atoms with Crippen LogP contribution < -0.4 is 9.47 Å². The van der Waals surface area contributed by atoms with Crippen LogP contribution in [0.1, 0.15) is 19.4 Å². The Morgan fingerprint density at radius 2 is 1.74 bits per heavy atom. The van der Waals surface area contributed by atoms with Crippen LogP contribution in [-0.4, -0.2) is 46.4 Å². The molecule has 9 nitrogen and oxygen atoms in total. The monoisotopic (exact) mass is 460 g/mol. The van der Waals surface area contributed by atoms with Gasteiger partial charge in [0.2, 0.25) is 5.88 Å². The number of hydrogen-bond acceptors (Lipinski definition) is 7. The Bertz CT molecular complexity index is 1500. The largest absolute Gasteiger partial charge is 0.515 e. The van der Waals surface area contributed by atoms with Crippen molar-refractivity contribution in [2.75, 3.05) is 14.2 Å². The number of ether oxygens (including phenoxy) is 4. The zero-order valence-electron chi connectivity index (χ0n) is 19.3. The fourth-order valence-electron chi connectivity index (χ4n) is 4.04. The van der Waals surface area contributed by atoms with Gasteiger partial charge in [-0.25, -0.2) is 14.8 Å². The van der Waals surface area contributed by atoms with E-state index in [-0.39, 0.29) is 18.6 Å². The second-order valence-corrected chi connectivity index (χ2v) is 8.11. The number of H-pyrrole nitrogens is 2. The molecular weight excluding hydrogens is 436 g/mol. The topological polar surface area (TPSA) is 111 Å². The third-order valence-corrected chi connectivity index (χ3v) is 5.48. The van der Waals surface area contributed by atoms with Crippen molar-refractivity contribution in [1.82, 2.24) is 19.9 Å². The molecule has 0 saturated carbocycles. The van der Waals surface area contributed by atoms with Crippen LogP contribution in [-0.2, 0) is 16.1 Å². The van der Waals surface area contributed by atoms with Crippen molar-refractivity contribution in [2.45, 2.75) is 26.6 Å². The summed E-state index contributed by atoms with van der Waals surface area (Å²) in [6.07, 6.45) is 0.510. The Morgan fingerprint density at radius 3 is 2.44 bits per heavy atom. The lowest BCUT2D eigenvalue weighted by Crippen LogP contribution is -2.17. The minimum Gasteiger partial charge on any atom is -0.497 e. The van der Waals surface area contributed by atoms with E-state index in [9.17, 15) is 4.79 Å². The zero-order chi connectivity index (χ0) is 23.8. The number of hydrogen-bond donors (Lipinski definition) is 2. The van der Waals surface area contributed by atoms with E-state index in [1.165, 1.54) is 0 Å². The molecule has 2 N–H and O–H groups in total. The van der Waals surface area contributed by atoms with E-state index in [0.717, 1.165) is 50.0 Å². The summed E-state index contributed by atoms with van der Waals surface area (Å²) in [6, 6.07) is 11.7. The Hall–Kier alpha value is -4.11. The fourth-order valence-corrected chi connectivity index (χ4v) is 4.04. The van der Waals surface area contributed by atoms with Crippen LogP contribution in [0.2, 0.25) is 0 Å². The molecule has 0 fully saturated rings. The first kappa shape index (κ1) is 21.7. The molecule has 0 aliphatic heterocycles. The van der Waals surface area contributed by atoms with Crippen molar-refractivity contribution < 1.29 is 23.7 Å². The molecule has 0 atom stereocenters. The van der Waals surface area contributed by atoms with Crippen molar-refractivity contribution in [3.8, 4) is 23.0 Å². The molecule has 174 valence electrons. The maximum atomic E-state index is 12.2. The highest BCUT2D eigenvalue weighted by Crippen LogP contribution is 2.37. The van der Waals surface area contributed by atoms with Crippen LogP contribution in [0, 0.1) is 0 Å². The van der Waals surface area contributed by atoms with Crippen LogP contribution >= 0.6 is 0 Å². The predicted molar refractivity (Wildman–Crippen MR) is 128 cm³/mol. The molecule has 2 aromatic carbocycles. The first-order valence-electron chi connectivity index (χ1n) is 10.8. The smallest absolute Gasteiger partial charge is 0.497 e. The van der Waals surface area contributed by atoms with Gasteiger partial charge in [-0.05, 0) is 50.2 Å². The van der Waals surface area contributed by atoms with Gasteiger partial charge in [0.15, 0.2) is 0 Å². The Labute approximate surface area is 195 Å². The SMILES string of the molecule is COCc1c(OC(=O)OC(C)C)ncc2[nH]c3ccc4[nH]c(-c5ccc(OC)cc5)nc4c3c12. The third-order valence-electron chi connectivity index (χ3n) is 5.48. The fraction of sp³-hybridized carbons (Fsp3) is 0.240. The van der Waals surface area contributed by atoms with Crippen LogP contribution in [0.5, 0.6) is 11.6 Å². The molecule has 0 amide bonds. The van der Waals surface area contributed by atoms with E-state index in [1.807, 2.05) is 36.4 Å². The van der Waals surface area contributed by atoms with E-state index in [2.05, 4.69) is 15.0 Å². The Balaban J connectivity index is 1.70. The van der Waals surface area contributed by atoms with E-state index in [0.29, 0.717) is 5.56 Å². The van der Waals surface area contributed by atoms with Crippen LogP contribution in [0.4, 0.5) is 4.79 Å². The summed E-state index contributed by atoms with van der Waals surface area (Å²) in [5.74, 6) is 1.65. The molecule has 5 rings (SSSR count). The van der Waals surface area contributed by atoms with Gasteiger partial charge in [-0.3, -0.25) is 0 Å². The summed E-state index contributed by atoms with van der Waals surface area (Å²) in [5, 5.41) is 1.72. The number of aromatic amines is 2. The Morgan fingerprint density at radius 1 is 0.971 bits per heavy atom. The number of nitrogens with zero attached hydrogens (tertiary/aromatic N) is 2. The van der Waals surface area contributed by atoms with Crippen molar-refractivity contribution >= 4 is 39.0 Å². The molecule has 3 heterocycles. The summed E-state index contributed by atoms with van der Waals surface area (Å²) in [4.78, 5) is 28.2. The number of benzene rings is 2. The molecule has 0 spiro atoms. The normalized spacial score (nSPS) is 11.6. The molecule has 9 heteroatoms. The summed E-state index contributed by atoms with van der Waals surface area (Å²) < 4.78 is 21.3. The first-order valence-corrected chi connectivity index (χ1v) is 10.8. The van der Waals surface area contributed by atoms with Gasteiger partial charge in [-0.2, -0.15) is 0 Å². The highest BCUT2D eigenvalue weighted by atomic mass is 16.7. The molecule has 5 aromatic rings.